The Labute approximate surface area is 73.7 Å². The average molecular weight is 168 g/mol. The minimum Gasteiger partial charge on any atom is -0.381 e. The third-order valence-corrected chi connectivity index (χ3v) is 2.22. The number of nitrogens with zero attached hydrogens (tertiary/aromatic N) is 1. The van der Waals surface area contributed by atoms with E-state index in [0.717, 1.165) is 26.2 Å². The zero-order valence-electron chi connectivity index (χ0n) is 7.55. The van der Waals surface area contributed by atoms with Crippen LogP contribution >= 0.6 is 0 Å². The molecule has 12 heavy (non-hydrogen) atoms. The number of ether oxygens (including phenoxy) is 1. The molecule has 1 rings (SSSR count). The van der Waals surface area contributed by atoms with Crippen molar-refractivity contribution in [3.8, 4) is 6.07 Å². The maximum atomic E-state index is 8.49. The van der Waals surface area contributed by atoms with E-state index in [9.17, 15) is 0 Å². The Morgan fingerprint density at radius 1 is 1.75 bits per heavy atom. The summed E-state index contributed by atoms with van der Waals surface area (Å²) in [6, 6.07) is 2.13. The zero-order chi connectivity index (χ0) is 8.81. The van der Waals surface area contributed by atoms with Gasteiger partial charge in [-0.15, -0.1) is 0 Å². The van der Waals surface area contributed by atoms with Crippen molar-refractivity contribution >= 4 is 0 Å². The highest BCUT2D eigenvalue weighted by Gasteiger charge is 2.14. The van der Waals surface area contributed by atoms with Crippen LogP contribution in [0.25, 0.3) is 0 Å². The van der Waals surface area contributed by atoms with Crippen molar-refractivity contribution in [3.63, 3.8) is 0 Å². The zero-order valence-corrected chi connectivity index (χ0v) is 7.55. The number of nitriles is 1. The van der Waals surface area contributed by atoms with Crippen LogP contribution in [0, 0.1) is 17.2 Å². The highest BCUT2D eigenvalue weighted by Crippen LogP contribution is 2.15. The molecule has 0 aromatic carbocycles. The minimum absolute atomic E-state index is 0.0210. The fourth-order valence-corrected chi connectivity index (χ4v) is 1.36. The van der Waals surface area contributed by atoms with E-state index in [0.29, 0.717) is 5.92 Å². The molecule has 0 aromatic rings. The molecular formula is C9H16N2O. The van der Waals surface area contributed by atoms with Gasteiger partial charge in [0.25, 0.3) is 0 Å². The fraction of sp³-hybridized carbons (Fsp3) is 0.889. The molecule has 1 N–H and O–H groups in total. The maximum Gasteiger partial charge on any atom is 0.0924 e. The van der Waals surface area contributed by atoms with Gasteiger partial charge in [-0.2, -0.15) is 5.26 Å². The minimum atomic E-state index is -0.0210. The van der Waals surface area contributed by atoms with Crippen molar-refractivity contribution < 1.29 is 4.74 Å². The lowest BCUT2D eigenvalue weighted by molar-refractivity contribution is 0.184. The Morgan fingerprint density at radius 3 is 3.17 bits per heavy atom. The van der Waals surface area contributed by atoms with Gasteiger partial charge in [-0.05, 0) is 32.2 Å². The van der Waals surface area contributed by atoms with Crippen molar-refractivity contribution in [1.29, 1.82) is 5.26 Å². The second kappa shape index (κ2) is 5.13. The lowest BCUT2D eigenvalue weighted by Crippen LogP contribution is -2.26. The summed E-state index contributed by atoms with van der Waals surface area (Å²) < 4.78 is 5.25. The van der Waals surface area contributed by atoms with Crippen molar-refractivity contribution in [2.45, 2.75) is 25.8 Å². The van der Waals surface area contributed by atoms with Crippen molar-refractivity contribution in [3.05, 3.63) is 0 Å². The topological polar surface area (TPSA) is 45.0 Å². The van der Waals surface area contributed by atoms with Crippen LogP contribution in [0.5, 0.6) is 0 Å². The summed E-state index contributed by atoms with van der Waals surface area (Å²) in [6.07, 6.45) is 2.31. The molecule has 1 aliphatic heterocycles. The van der Waals surface area contributed by atoms with Gasteiger partial charge in [0.15, 0.2) is 0 Å². The van der Waals surface area contributed by atoms with E-state index >= 15 is 0 Å². The van der Waals surface area contributed by atoms with E-state index in [1.807, 2.05) is 6.92 Å². The molecule has 1 saturated heterocycles. The van der Waals surface area contributed by atoms with E-state index in [2.05, 4.69) is 11.4 Å². The van der Waals surface area contributed by atoms with Crippen LogP contribution in [-0.2, 0) is 4.74 Å². The smallest absolute Gasteiger partial charge is 0.0924 e. The Balaban J connectivity index is 1.98. The summed E-state index contributed by atoms with van der Waals surface area (Å²) in [7, 11) is 0. The predicted molar refractivity (Wildman–Crippen MR) is 46.6 cm³/mol. The molecule has 0 amide bonds. The number of hydrogen-bond donors (Lipinski definition) is 1. The van der Waals surface area contributed by atoms with E-state index in [1.54, 1.807) is 0 Å². The Bertz CT molecular complexity index is 158. The lowest BCUT2D eigenvalue weighted by atomic mass is 10.1. The summed E-state index contributed by atoms with van der Waals surface area (Å²) in [5.74, 6) is 0.711. The van der Waals surface area contributed by atoms with Crippen LogP contribution in [0.15, 0.2) is 0 Å². The van der Waals surface area contributed by atoms with Gasteiger partial charge >= 0.3 is 0 Å². The van der Waals surface area contributed by atoms with Crippen LogP contribution in [0.3, 0.4) is 0 Å². The number of rotatable bonds is 4. The number of nitrogens with one attached hydrogen (secondary N) is 1. The first-order chi connectivity index (χ1) is 5.83. The molecule has 68 valence electrons. The highest BCUT2D eigenvalue weighted by molar-refractivity contribution is 4.85. The lowest BCUT2D eigenvalue weighted by Gasteiger charge is -2.09. The summed E-state index contributed by atoms with van der Waals surface area (Å²) in [5, 5.41) is 11.6. The standard InChI is InChI=1S/C9H16N2O/c1-8(6-10)11-4-2-9-3-5-12-7-9/h8-9,11H,2-5,7H2,1H3. The summed E-state index contributed by atoms with van der Waals surface area (Å²) >= 11 is 0. The molecule has 1 heterocycles. The summed E-state index contributed by atoms with van der Waals surface area (Å²) in [6.45, 7) is 4.63. The van der Waals surface area contributed by atoms with E-state index < -0.39 is 0 Å². The first kappa shape index (κ1) is 9.50. The third-order valence-electron chi connectivity index (χ3n) is 2.22. The van der Waals surface area contributed by atoms with Gasteiger partial charge in [0, 0.05) is 13.2 Å². The van der Waals surface area contributed by atoms with Gasteiger partial charge in [-0.1, -0.05) is 0 Å². The second-order valence-electron chi connectivity index (χ2n) is 3.32. The van der Waals surface area contributed by atoms with Gasteiger partial charge in [0.1, 0.15) is 0 Å². The molecule has 2 unspecified atom stereocenters. The van der Waals surface area contributed by atoms with Gasteiger partial charge in [-0.3, -0.25) is 0 Å². The summed E-state index contributed by atoms with van der Waals surface area (Å²) in [4.78, 5) is 0. The van der Waals surface area contributed by atoms with Crippen LogP contribution in [0.1, 0.15) is 19.8 Å². The molecule has 2 atom stereocenters. The normalized spacial score (nSPS) is 25.2. The van der Waals surface area contributed by atoms with Crippen LogP contribution in [-0.4, -0.2) is 25.8 Å². The van der Waals surface area contributed by atoms with E-state index in [4.69, 9.17) is 10.00 Å². The highest BCUT2D eigenvalue weighted by atomic mass is 16.5. The average Bonchev–Trinajstić information content (AvgIpc) is 2.57. The fourth-order valence-electron chi connectivity index (χ4n) is 1.36. The van der Waals surface area contributed by atoms with Crippen LogP contribution < -0.4 is 5.32 Å². The molecule has 0 saturated carbocycles. The van der Waals surface area contributed by atoms with Gasteiger partial charge < -0.3 is 10.1 Å². The number of hydrogen-bond acceptors (Lipinski definition) is 3. The van der Waals surface area contributed by atoms with Crippen molar-refractivity contribution in [2.75, 3.05) is 19.8 Å². The van der Waals surface area contributed by atoms with Gasteiger partial charge in [0.2, 0.25) is 0 Å². The molecule has 0 radical (unpaired) electrons. The molecule has 1 fully saturated rings. The quantitative estimate of drug-likeness (QED) is 0.678. The Kier molecular flexibility index (Phi) is 4.06. The maximum absolute atomic E-state index is 8.49. The predicted octanol–water partition coefficient (Wildman–Crippen LogP) is 0.915. The van der Waals surface area contributed by atoms with Gasteiger partial charge in [0.05, 0.1) is 12.1 Å². The van der Waals surface area contributed by atoms with E-state index in [-0.39, 0.29) is 6.04 Å². The molecule has 0 aromatic heterocycles. The molecule has 1 aliphatic rings. The van der Waals surface area contributed by atoms with Crippen LogP contribution in [0.2, 0.25) is 0 Å². The van der Waals surface area contributed by atoms with Crippen molar-refractivity contribution in [2.24, 2.45) is 5.92 Å². The van der Waals surface area contributed by atoms with Gasteiger partial charge in [-0.25, -0.2) is 0 Å². The SMILES string of the molecule is CC(C#N)NCCC1CCOC1. The second-order valence-corrected chi connectivity index (χ2v) is 3.32. The molecule has 3 nitrogen and oxygen atoms in total. The third kappa shape index (κ3) is 3.21. The monoisotopic (exact) mass is 168 g/mol. The molecule has 0 spiro atoms. The Morgan fingerprint density at radius 2 is 2.58 bits per heavy atom. The molecule has 0 aliphatic carbocycles. The van der Waals surface area contributed by atoms with Crippen LogP contribution in [0.4, 0.5) is 0 Å². The summed E-state index contributed by atoms with van der Waals surface area (Å²) in [5.41, 5.74) is 0. The molecular weight excluding hydrogens is 152 g/mol. The first-order valence-corrected chi connectivity index (χ1v) is 4.53. The molecule has 0 bridgehead atoms. The molecule has 3 heteroatoms. The first-order valence-electron chi connectivity index (χ1n) is 4.53. The van der Waals surface area contributed by atoms with E-state index in [1.165, 1.54) is 6.42 Å². The van der Waals surface area contributed by atoms with Crippen molar-refractivity contribution in [1.82, 2.24) is 5.32 Å². The Hall–Kier alpha value is -0.590. The largest absolute Gasteiger partial charge is 0.381 e.